The zero-order chi connectivity index (χ0) is 17.6. The molecule has 0 aliphatic rings. The molecule has 0 heterocycles. The van der Waals surface area contributed by atoms with Gasteiger partial charge in [0.05, 0.1) is 6.16 Å². The summed E-state index contributed by atoms with van der Waals surface area (Å²) in [5.41, 5.74) is 0. The maximum atomic E-state index is 13.2. The van der Waals surface area contributed by atoms with Crippen molar-refractivity contribution in [2.75, 3.05) is 18.7 Å². The van der Waals surface area contributed by atoms with Crippen LogP contribution in [0.4, 0.5) is 0 Å². The zero-order valence-corrected chi connectivity index (χ0v) is 16.9. The van der Waals surface area contributed by atoms with Gasteiger partial charge in [0.1, 0.15) is 11.5 Å². The highest BCUT2D eigenvalue weighted by atomic mass is 32.2. The molecule has 0 saturated heterocycles. The predicted molar refractivity (Wildman–Crippen MR) is 105 cm³/mol. The largest absolute Gasteiger partial charge is 0.430 e. The van der Waals surface area contributed by atoms with Crippen LogP contribution in [-0.4, -0.2) is 18.7 Å². The summed E-state index contributed by atoms with van der Waals surface area (Å²) >= 11 is 3.31. The molecule has 0 aromatic heterocycles. The normalized spacial score (nSPS) is 11.5. The van der Waals surface area contributed by atoms with Crippen molar-refractivity contribution in [1.82, 2.24) is 0 Å². The molecule has 0 amide bonds. The van der Waals surface area contributed by atoms with E-state index in [1.807, 2.05) is 74.9 Å². The third-order valence-corrected chi connectivity index (χ3v) is 6.84. The molecule has 130 valence electrons. The van der Waals surface area contributed by atoms with Crippen molar-refractivity contribution in [2.45, 2.75) is 23.6 Å². The molecule has 2 rings (SSSR count). The molecule has 0 aliphatic carbocycles. The molecule has 6 heteroatoms. The Hall–Kier alpha value is -1.03. The molecule has 0 radical (unpaired) electrons. The molecule has 0 N–H and O–H groups in total. The van der Waals surface area contributed by atoms with Gasteiger partial charge in [0.15, 0.2) is 0 Å². The van der Waals surface area contributed by atoms with Gasteiger partial charge in [-0.05, 0) is 67.0 Å². The second-order valence-electron chi connectivity index (χ2n) is 5.72. The van der Waals surface area contributed by atoms with Gasteiger partial charge in [-0.25, -0.2) is 4.57 Å². The Morgan fingerprint density at radius 1 is 0.833 bits per heavy atom. The number of hydrogen-bond donors (Lipinski definition) is 0. The van der Waals surface area contributed by atoms with E-state index in [1.54, 1.807) is 23.5 Å². The maximum Gasteiger partial charge on any atom is 0.430 e. The first-order valence-electron chi connectivity index (χ1n) is 7.70. The lowest BCUT2D eigenvalue weighted by atomic mass is 10.3. The quantitative estimate of drug-likeness (QED) is 0.388. The van der Waals surface area contributed by atoms with E-state index in [-0.39, 0.29) is 5.92 Å². The molecular weight excluding hydrogens is 359 g/mol. The van der Waals surface area contributed by atoms with E-state index >= 15 is 0 Å². The van der Waals surface area contributed by atoms with Gasteiger partial charge >= 0.3 is 7.60 Å². The van der Waals surface area contributed by atoms with E-state index < -0.39 is 7.60 Å². The second kappa shape index (κ2) is 8.89. The molecule has 0 unspecified atom stereocenters. The number of hydrogen-bond acceptors (Lipinski definition) is 5. The van der Waals surface area contributed by atoms with Crippen molar-refractivity contribution in [3.8, 4) is 11.5 Å². The Labute approximate surface area is 153 Å². The Kier molecular flexibility index (Phi) is 7.15. The summed E-state index contributed by atoms with van der Waals surface area (Å²) in [6.07, 6.45) is 4.39. The Bertz CT molecular complexity index is 631. The van der Waals surface area contributed by atoms with Gasteiger partial charge in [-0.2, -0.15) is 0 Å². The monoisotopic (exact) mass is 382 g/mol. The molecule has 24 heavy (non-hydrogen) atoms. The van der Waals surface area contributed by atoms with Crippen LogP contribution in [0.25, 0.3) is 0 Å². The number of rotatable bonds is 8. The van der Waals surface area contributed by atoms with Crippen LogP contribution in [-0.2, 0) is 4.57 Å². The zero-order valence-electron chi connectivity index (χ0n) is 14.4. The SMILES string of the molecule is CSc1ccc(OP(=O)(CC(C)C)Oc2ccc(SC)cc2)cc1. The second-order valence-corrected chi connectivity index (χ2v) is 9.43. The van der Waals surface area contributed by atoms with Gasteiger partial charge in [-0.15, -0.1) is 23.5 Å². The molecule has 0 saturated carbocycles. The fraction of sp³-hybridized carbons (Fsp3) is 0.333. The van der Waals surface area contributed by atoms with Crippen LogP contribution in [0.5, 0.6) is 11.5 Å². The first-order chi connectivity index (χ1) is 11.4. The third-order valence-electron chi connectivity index (χ3n) is 3.20. The summed E-state index contributed by atoms with van der Waals surface area (Å²) in [5, 5.41) is 0. The predicted octanol–water partition coefficient (Wildman–Crippen LogP) is 6.44. The highest BCUT2D eigenvalue weighted by Crippen LogP contribution is 2.50. The maximum absolute atomic E-state index is 13.2. The Morgan fingerprint density at radius 3 is 1.50 bits per heavy atom. The standard InChI is InChI=1S/C18H23O3PS2/c1-14(2)13-22(19,20-15-5-9-17(23-3)10-6-15)21-16-7-11-18(24-4)12-8-16/h5-12,14H,13H2,1-4H3. The first-order valence-corrected chi connectivity index (χ1v) is 11.9. The van der Waals surface area contributed by atoms with Crippen molar-refractivity contribution in [3.63, 3.8) is 0 Å². The van der Waals surface area contributed by atoms with E-state index in [2.05, 4.69) is 0 Å². The molecule has 3 nitrogen and oxygen atoms in total. The summed E-state index contributed by atoms with van der Waals surface area (Å²) in [7, 11) is -3.28. The van der Waals surface area contributed by atoms with Crippen molar-refractivity contribution in [3.05, 3.63) is 48.5 Å². The number of benzene rings is 2. The van der Waals surface area contributed by atoms with Crippen LogP contribution >= 0.6 is 31.1 Å². The first kappa shape index (κ1) is 19.3. The van der Waals surface area contributed by atoms with E-state index in [1.165, 1.54) is 0 Å². The van der Waals surface area contributed by atoms with E-state index in [4.69, 9.17) is 9.05 Å². The average molecular weight is 382 g/mol. The molecule has 2 aromatic rings. The minimum atomic E-state index is -3.28. The smallest absolute Gasteiger partial charge is 0.416 e. The van der Waals surface area contributed by atoms with Crippen LogP contribution in [0.15, 0.2) is 58.3 Å². The topological polar surface area (TPSA) is 35.5 Å². The van der Waals surface area contributed by atoms with Gasteiger partial charge in [0, 0.05) is 9.79 Å². The molecule has 0 fully saturated rings. The van der Waals surface area contributed by atoms with E-state index in [0.29, 0.717) is 17.7 Å². The van der Waals surface area contributed by atoms with Crippen molar-refractivity contribution in [1.29, 1.82) is 0 Å². The summed E-state index contributed by atoms with van der Waals surface area (Å²) in [5.74, 6) is 1.34. The minimum absolute atomic E-state index is 0.201. The van der Waals surface area contributed by atoms with E-state index in [0.717, 1.165) is 9.79 Å². The van der Waals surface area contributed by atoms with Crippen LogP contribution in [0.3, 0.4) is 0 Å². The summed E-state index contributed by atoms with van der Waals surface area (Å²) in [4.78, 5) is 2.27. The fourth-order valence-corrected chi connectivity index (χ4v) is 4.92. The van der Waals surface area contributed by atoms with Crippen LogP contribution < -0.4 is 9.05 Å². The Balaban J connectivity index is 2.18. The summed E-state index contributed by atoms with van der Waals surface area (Å²) in [6.45, 7) is 4.01. The summed E-state index contributed by atoms with van der Waals surface area (Å²) in [6, 6.07) is 15.1. The molecule has 0 aliphatic heterocycles. The van der Waals surface area contributed by atoms with Gasteiger partial charge < -0.3 is 9.05 Å². The van der Waals surface area contributed by atoms with Crippen LogP contribution in [0.1, 0.15) is 13.8 Å². The van der Waals surface area contributed by atoms with E-state index in [9.17, 15) is 4.57 Å². The van der Waals surface area contributed by atoms with Crippen LogP contribution in [0, 0.1) is 5.92 Å². The molecule has 0 atom stereocenters. The van der Waals surface area contributed by atoms with Crippen molar-refractivity contribution < 1.29 is 13.6 Å². The van der Waals surface area contributed by atoms with Crippen molar-refractivity contribution >= 4 is 31.1 Å². The van der Waals surface area contributed by atoms with Gasteiger partial charge in [0.25, 0.3) is 0 Å². The third kappa shape index (κ3) is 5.80. The minimum Gasteiger partial charge on any atom is -0.416 e. The van der Waals surface area contributed by atoms with Crippen LogP contribution in [0.2, 0.25) is 0 Å². The lowest BCUT2D eigenvalue weighted by molar-refractivity contribution is 0.379. The lowest BCUT2D eigenvalue weighted by Gasteiger charge is -2.21. The molecule has 0 bridgehead atoms. The average Bonchev–Trinajstić information content (AvgIpc) is 2.55. The fourth-order valence-electron chi connectivity index (χ4n) is 2.13. The Morgan fingerprint density at radius 2 is 1.21 bits per heavy atom. The highest BCUT2D eigenvalue weighted by molar-refractivity contribution is 7.98. The van der Waals surface area contributed by atoms with Crippen molar-refractivity contribution in [2.24, 2.45) is 5.92 Å². The summed E-state index contributed by atoms with van der Waals surface area (Å²) < 4.78 is 24.8. The molecule has 0 spiro atoms. The molecular formula is C18H23O3PS2. The lowest BCUT2D eigenvalue weighted by Crippen LogP contribution is -2.09. The number of thioether (sulfide) groups is 2. The van der Waals surface area contributed by atoms with Gasteiger partial charge in [-0.1, -0.05) is 13.8 Å². The molecule has 2 aromatic carbocycles. The van der Waals surface area contributed by atoms with Gasteiger partial charge in [-0.3, -0.25) is 0 Å². The highest BCUT2D eigenvalue weighted by Gasteiger charge is 2.29. The van der Waals surface area contributed by atoms with Gasteiger partial charge in [0.2, 0.25) is 0 Å².